The molecule has 0 N–H and O–H groups in total. The predicted octanol–water partition coefficient (Wildman–Crippen LogP) is 2.51. The average Bonchev–Trinajstić information content (AvgIpc) is 3.35. The first kappa shape index (κ1) is 21.9. The van der Waals surface area contributed by atoms with Gasteiger partial charge >= 0.3 is 5.97 Å². The summed E-state index contributed by atoms with van der Waals surface area (Å²) in [5.41, 5.74) is 1.21. The van der Waals surface area contributed by atoms with E-state index in [0.29, 0.717) is 27.3 Å². The molecular formula is C18H24BrN5O5S. The Hall–Kier alpha value is -1.34. The summed E-state index contributed by atoms with van der Waals surface area (Å²) in [4.78, 5) is 20.7. The van der Waals surface area contributed by atoms with Gasteiger partial charge in [-0.25, -0.2) is 19.4 Å². The Balaban J connectivity index is 1.66. The van der Waals surface area contributed by atoms with Gasteiger partial charge in [0.25, 0.3) is 0 Å². The lowest BCUT2D eigenvalue weighted by Gasteiger charge is -2.23. The van der Waals surface area contributed by atoms with Crippen LogP contribution in [0, 0.1) is 0 Å². The van der Waals surface area contributed by atoms with Gasteiger partial charge in [0.1, 0.15) is 23.4 Å². The van der Waals surface area contributed by atoms with E-state index in [4.69, 9.17) is 14.2 Å². The lowest BCUT2D eigenvalue weighted by Crippen LogP contribution is -2.32. The molecular weight excluding hydrogens is 478 g/mol. The van der Waals surface area contributed by atoms with Gasteiger partial charge in [0.05, 0.1) is 19.3 Å². The van der Waals surface area contributed by atoms with Crippen molar-refractivity contribution in [1.82, 2.24) is 25.0 Å². The molecule has 3 heterocycles. The van der Waals surface area contributed by atoms with E-state index in [0.717, 1.165) is 12.2 Å². The standard InChI is InChI=1S/C18H24BrN5O5S/c1-5-6-30-17-20-15(19)12-16(21-17)24(23-22-12)9-7-10(27-8-11(25)26-4)14-13(9)28-18(2,3)29-14/h9-10,13-14H,5-8H2,1-4H3. The maximum atomic E-state index is 11.6. The molecule has 0 aromatic carbocycles. The fourth-order valence-corrected chi connectivity index (χ4v) is 5.04. The first-order valence-electron chi connectivity index (χ1n) is 9.78. The number of carbonyl (C=O) groups excluding carboxylic acids is 1. The second-order valence-electron chi connectivity index (χ2n) is 7.65. The minimum absolute atomic E-state index is 0.148. The molecule has 1 saturated heterocycles. The van der Waals surface area contributed by atoms with Crippen molar-refractivity contribution in [3.8, 4) is 0 Å². The largest absolute Gasteiger partial charge is 0.467 e. The number of methoxy groups -OCH3 is 1. The van der Waals surface area contributed by atoms with Gasteiger partial charge in [0, 0.05) is 12.2 Å². The molecule has 0 bridgehead atoms. The maximum absolute atomic E-state index is 11.6. The van der Waals surface area contributed by atoms with Gasteiger partial charge in [-0.05, 0) is 36.2 Å². The average molecular weight is 502 g/mol. The Kier molecular flexibility index (Phi) is 6.31. The monoisotopic (exact) mass is 501 g/mol. The summed E-state index contributed by atoms with van der Waals surface area (Å²) in [6, 6.07) is -0.213. The number of fused-ring (bicyclic) bond motifs is 2. The molecule has 10 nitrogen and oxygen atoms in total. The van der Waals surface area contributed by atoms with Gasteiger partial charge < -0.3 is 18.9 Å². The van der Waals surface area contributed by atoms with Gasteiger partial charge in [-0.3, -0.25) is 0 Å². The quantitative estimate of drug-likeness (QED) is 0.242. The van der Waals surface area contributed by atoms with Crippen molar-refractivity contribution in [1.29, 1.82) is 0 Å². The minimum Gasteiger partial charge on any atom is -0.467 e. The number of esters is 1. The van der Waals surface area contributed by atoms with Crippen molar-refractivity contribution in [3.05, 3.63) is 4.60 Å². The van der Waals surface area contributed by atoms with Crippen LogP contribution in [0.25, 0.3) is 11.2 Å². The van der Waals surface area contributed by atoms with Crippen LogP contribution in [0.5, 0.6) is 0 Å². The van der Waals surface area contributed by atoms with E-state index in [9.17, 15) is 4.79 Å². The minimum atomic E-state index is -0.769. The fraction of sp³-hybridized carbons (Fsp3) is 0.722. The van der Waals surface area contributed by atoms with Crippen molar-refractivity contribution in [2.24, 2.45) is 0 Å². The van der Waals surface area contributed by atoms with Crippen LogP contribution in [-0.4, -0.2) is 74.5 Å². The van der Waals surface area contributed by atoms with E-state index in [-0.39, 0.29) is 31.0 Å². The van der Waals surface area contributed by atoms with E-state index in [2.05, 4.69) is 47.9 Å². The molecule has 2 aromatic rings. The van der Waals surface area contributed by atoms with Crippen molar-refractivity contribution >= 4 is 44.8 Å². The zero-order valence-corrected chi connectivity index (χ0v) is 19.6. The normalized spacial score (nSPS) is 27.5. The van der Waals surface area contributed by atoms with Crippen molar-refractivity contribution in [2.45, 2.75) is 68.9 Å². The van der Waals surface area contributed by atoms with Gasteiger partial charge in [-0.15, -0.1) is 5.10 Å². The Morgan fingerprint density at radius 1 is 1.33 bits per heavy atom. The summed E-state index contributed by atoms with van der Waals surface area (Å²) >= 11 is 5.07. The number of nitrogens with zero attached hydrogens (tertiary/aromatic N) is 5. The lowest BCUT2D eigenvalue weighted by atomic mass is 10.2. The van der Waals surface area contributed by atoms with E-state index in [1.54, 1.807) is 16.4 Å². The number of thioether (sulfide) groups is 1. The highest BCUT2D eigenvalue weighted by Gasteiger charge is 2.56. The van der Waals surface area contributed by atoms with Gasteiger partial charge in [0.2, 0.25) is 0 Å². The molecule has 0 radical (unpaired) electrons. The molecule has 4 atom stereocenters. The molecule has 0 amide bonds. The summed E-state index contributed by atoms with van der Waals surface area (Å²) in [6.45, 7) is 5.68. The first-order valence-corrected chi connectivity index (χ1v) is 11.6. The van der Waals surface area contributed by atoms with Crippen LogP contribution < -0.4 is 0 Å². The van der Waals surface area contributed by atoms with E-state index in [1.807, 2.05) is 13.8 Å². The van der Waals surface area contributed by atoms with Gasteiger partial charge in [-0.1, -0.05) is 23.9 Å². The highest BCUT2D eigenvalue weighted by atomic mass is 79.9. The number of carbonyl (C=O) groups is 1. The van der Waals surface area contributed by atoms with Crippen molar-refractivity contribution in [3.63, 3.8) is 0 Å². The van der Waals surface area contributed by atoms with Crippen molar-refractivity contribution in [2.75, 3.05) is 19.5 Å². The molecule has 4 rings (SSSR count). The van der Waals surface area contributed by atoms with Crippen LogP contribution in [0.1, 0.15) is 39.7 Å². The van der Waals surface area contributed by atoms with Crippen molar-refractivity contribution < 1.29 is 23.7 Å². The number of halogens is 1. The lowest BCUT2D eigenvalue weighted by molar-refractivity contribution is -0.173. The third kappa shape index (κ3) is 4.20. The highest BCUT2D eigenvalue weighted by Crippen LogP contribution is 2.45. The number of aromatic nitrogens is 5. The Labute approximate surface area is 186 Å². The zero-order chi connectivity index (χ0) is 21.5. The number of ether oxygens (including phenoxy) is 4. The molecule has 164 valence electrons. The van der Waals surface area contributed by atoms with Crippen LogP contribution in [0.2, 0.25) is 0 Å². The number of hydrogen-bond donors (Lipinski definition) is 0. The third-order valence-electron chi connectivity index (χ3n) is 5.04. The topological polar surface area (TPSA) is 110 Å². The molecule has 1 saturated carbocycles. The zero-order valence-electron chi connectivity index (χ0n) is 17.2. The molecule has 30 heavy (non-hydrogen) atoms. The van der Waals surface area contributed by atoms with Gasteiger partial charge in [-0.2, -0.15) is 0 Å². The summed E-state index contributed by atoms with van der Waals surface area (Å²) in [5.74, 6) is -0.286. The first-order chi connectivity index (χ1) is 14.3. The van der Waals surface area contributed by atoms with E-state index >= 15 is 0 Å². The third-order valence-corrected chi connectivity index (χ3v) is 6.64. The second kappa shape index (κ2) is 8.65. The Bertz CT molecular complexity index is 941. The molecule has 2 aromatic heterocycles. The predicted molar refractivity (Wildman–Crippen MR) is 111 cm³/mol. The Morgan fingerprint density at radius 2 is 2.10 bits per heavy atom. The van der Waals surface area contributed by atoms with Crippen LogP contribution >= 0.6 is 27.7 Å². The van der Waals surface area contributed by atoms with Gasteiger partial charge in [0.15, 0.2) is 22.1 Å². The van der Waals surface area contributed by atoms with E-state index < -0.39 is 11.8 Å². The summed E-state index contributed by atoms with van der Waals surface area (Å²) in [6.07, 6.45) is 0.563. The summed E-state index contributed by atoms with van der Waals surface area (Å²) in [7, 11) is 1.33. The number of hydrogen-bond acceptors (Lipinski definition) is 10. The maximum Gasteiger partial charge on any atom is 0.331 e. The molecule has 4 unspecified atom stereocenters. The van der Waals surface area contributed by atoms with Crippen LogP contribution in [-0.2, 0) is 23.7 Å². The van der Waals surface area contributed by atoms with E-state index in [1.165, 1.54) is 7.11 Å². The van der Waals surface area contributed by atoms with Crippen LogP contribution in [0.15, 0.2) is 9.76 Å². The fourth-order valence-electron chi connectivity index (χ4n) is 3.80. The molecule has 0 spiro atoms. The van der Waals surface area contributed by atoms with Crippen LogP contribution in [0.3, 0.4) is 0 Å². The Morgan fingerprint density at radius 3 is 2.83 bits per heavy atom. The van der Waals surface area contributed by atoms with Crippen LogP contribution in [0.4, 0.5) is 0 Å². The molecule has 2 fully saturated rings. The molecule has 12 heteroatoms. The highest BCUT2D eigenvalue weighted by molar-refractivity contribution is 9.10. The molecule has 1 aliphatic heterocycles. The smallest absolute Gasteiger partial charge is 0.331 e. The number of rotatable bonds is 7. The second-order valence-corrected chi connectivity index (χ2v) is 9.46. The SMILES string of the molecule is CCCSc1nc(Br)c2nnn(C3CC(OCC(=O)OC)C4OC(C)(C)OC43)c2n1. The molecule has 2 aliphatic rings. The summed E-state index contributed by atoms with van der Waals surface area (Å²) < 4.78 is 25.1. The molecule has 1 aliphatic carbocycles. The summed E-state index contributed by atoms with van der Waals surface area (Å²) in [5, 5.41) is 9.29.